The lowest BCUT2D eigenvalue weighted by Gasteiger charge is -2.12. The summed E-state index contributed by atoms with van der Waals surface area (Å²) in [5.41, 5.74) is 8.29. The van der Waals surface area contributed by atoms with Gasteiger partial charge >= 0.3 is 0 Å². The first-order chi connectivity index (χ1) is 12.6. The summed E-state index contributed by atoms with van der Waals surface area (Å²) in [5.74, 6) is 0.981. The molecule has 0 atom stereocenters. The minimum absolute atomic E-state index is 0.454. The van der Waals surface area contributed by atoms with E-state index >= 15 is 0 Å². The lowest BCUT2D eigenvalue weighted by atomic mass is 10.1. The average molecular weight is 343 g/mol. The summed E-state index contributed by atoms with van der Waals surface area (Å²) >= 11 is 0. The molecule has 0 radical (unpaired) electrons. The van der Waals surface area contributed by atoms with Crippen molar-refractivity contribution in [3.05, 3.63) is 78.2 Å². The molecule has 2 heterocycles. The first-order valence-electron chi connectivity index (χ1n) is 8.23. The van der Waals surface area contributed by atoms with Crippen molar-refractivity contribution in [2.24, 2.45) is 5.73 Å². The molecule has 0 bridgehead atoms. The number of nitrogens with one attached hydrogen (secondary N) is 1. The van der Waals surface area contributed by atoms with Gasteiger partial charge in [-0.15, -0.1) is 0 Å². The van der Waals surface area contributed by atoms with Crippen LogP contribution in [0.2, 0.25) is 0 Å². The molecule has 0 unspecified atom stereocenters. The second kappa shape index (κ2) is 6.37. The van der Waals surface area contributed by atoms with Gasteiger partial charge in [-0.25, -0.2) is 0 Å². The predicted molar refractivity (Wildman–Crippen MR) is 101 cm³/mol. The van der Waals surface area contributed by atoms with Gasteiger partial charge in [-0.05, 0) is 37.3 Å². The molecular weight excluding hydrogens is 326 g/mol. The maximum absolute atomic E-state index is 11.6. The number of benzene rings is 2. The van der Waals surface area contributed by atoms with Gasteiger partial charge in [-0.1, -0.05) is 24.3 Å². The number of H-pyrrole nitrogens is 1. The van der Waals surface area contributed by atoms with Crippen LogP contribution >= 0.6 is 0 Å². The van der Waals surface area contributed by atoms with Crippen LogP contribution in [-0.4, -0.2) is 15.9 Å². The lowest BCUT2D eigenvalue weighted by molar-refractivity contribution is 0.1000. The molecule has 2 aromatic heterocycles. The van der Waals surface area contributed by atoms with Gasteiger partial charge in [0.15, 0.2) is 0 Å². The van der Waals surface area contributed by atoms with Crippen LogP contribution in [-0.2, 0) is 0 Å². The molecule has 0 spiro atoms. The number of nitrogens with zero attached hydrogens (tertiary/aromatic N) is 1. The zero-order chi connectivity index (χ0) is 18.1. The smallest absolute Gasteiger partial charge is 0.250 e. The molecule has 0 aliphatic heterocycles. The van der Waals surface area contributed by atoms with Crippen LogP contribution in [0.25, 0.3) is 22.0 Å². The highest BCUT2D eigenvalue weighted by Crippen LogP contribution is 2.36. The summed E-state index contributed by atoms with van der Waals surface area (Å²) in [6.45, 7) is 1.82. The second-order valence-corrected chi connectivity index (χ2v) is 6.04. The van der Waals surface area contributed by atoms with Crippen LogP contribution < -0.4 is 10.5 Å². The molecule has 2 aromatic carbocycles. The molecule has 0 fully saturated rings. The molecule has 4 aromatic rings. The van der Waals surface area contributed by atoms with E-state index in [1.807, 2.05) is 61.7 Å². The third kappa shape index (κ3) is 2.80. The Morgan fingerprint density at radius 1 is 1.08 bits per heavy atom. The maximum atomic E-state index is 11.6. The predicted octanol–water partition coefficient (Wildman–Crippen LogP) is 4.43. The van der Waals surface area contributed by atoms with E-state index in [1.165, 1.54) is 0 Å². The third-order valence-electron chi connectivity index (χ3n) is 4.32. The molecule has 1 amide bonds. The van der Waals surface area contributed by atoms with Crippen molar-refractivity contribution >= 4 is 16.7 Å². The van der Waals surface area contributed by atoms with Crippen molar-refractivity contribution in [3.8, 4) is 22.8 Å². The Morgan fingerprint density at radius 3 is 2.69 bits per heavy atom. The van der Waals surface area contributed by atoms with Crippen LogP contribution in [0.1, 0.15) is 16.1 Å². The topological polar surface area (TPSA) is 81.0 Å². The van der Waals surface area contributed by atoms with Crippen LogP contribution in [0.3, 0.4) is 0 Å². The number of carbonyl (C=O) groups excluding carboxylic acids is 1. The number of para-hydroxylation sites is 1. The van der Waals surface area contributed by atoms with E-state index < -0.39 is 5.91 Å². The zero-order valence-electron chi connectivity index (χ0n) is 14.2. The minimum atomic E-state index is -0.454. The summed E-state index contributed by atoms with van der Waals surface area (Å²) in [6.07, 6.45) is 3.55. The summed E-state index contributed by atoms with van der Waals surface area (Å²) in [7, 11) is 0. The first kappa shape index (κ1) is 15.9. The SMILES string of the molecule is Cc1[nH]c(-c2ccccc2Oc2cccc3cnccc23)cc1C(N)=O. The molecule has 0 aliphatic carbocycles. The van der Waals surface area contributed by atoms with Crippen molar-refractivity contribution in [3.63, 3.8) is 0 Å². The molecule has 26 heavy (non-hydrogen) atoms. The standard InChI is InChI=1S/C21H17N3O2/c1-13-17(21(22)25)11-18(24-13)16-6-2-3-7-20(16)26-19-8-4-5-14-12-23-10-9-15(14)19/h2-12,24H,1H3,(H2,22,25). The fourth-order valence-corrected chi connectivity index (χ4v) is 3.04. The van der Waals surface area contributed by atoms with Crippen molar-refractivity contribution < 1.29 is 9.53 Å². The lowest BCUT2D eigenvalue weighted by Crippen LogP contribution is -2.10. The average Bonchev–Trinajstić information content (AvgIpc) is 3.04. The number of ether oxygens (including phenoxy) is 1. The van der Waals surface area contributed by atoms with Gasteiger partial charge in [0.25, 0.3) is 5.91 Å². The van der Waals surface area contributed by atoms with Gasteiger partial charge in [0.2, 0.25) is 0 Å². The highest BCUT2D eigenvalue weighted by atomic mass is 16.5. The highest BCUT2D eigenvalue weighted by Gasteiger charge is 2.14. The number of primary amides is 1. The van der Waals surface area contributed by atoms with E-state index in [0.29, 0.717) is 11.3 Å². The highest BCUT2D eigenvalue weighted by molar-refractivity contribution is 5.95. The Labute approximate surface area is 150 Å². The van der Waals surface area contributed by atoms with Gasteiger partial charge in [0.05, 0.1) is 11.3 Å². The number of pyridine rings is 1. The number of amides is 1. The Morgan fingerprint density at radius 2 is 1.88 bits per heavy atom. The molecule has 3 N–H and O–H groups in total. The molecule has 4 rings (SSSR count). The van der Waals surface area contributed by atoms with Gasteiger partial charge in [-0.2, -0.15) is 0 Å². The molecule has 0 saturated carbocycles. The number of fused-ring (bicyclic) bond motifs is 1. The Bertz CT molecular complexity index is 1110. The van der Waals surface area contributed by atoms with Gasteiger partial charge < -0.3 is 15.5 Å². The fraction of sp³-hybridized carbons (Fsp3) is 0.0476. The molecule has 128 valence electrons. The number of hydrogen-bond acceptors (Lipinski definition) is 3. The quantitative estimate of drug-likeness (QED) is 0.575. The number of aromatic amines is 1. The maximum Gasteiger partial charge on any atom is 0.250 e. The van der Waals surface area contributed by atoms with Crippen molar-refractivity contribution in [2.75, 3.05) is 0 Å². The normalized spacial score (nSPS) is 10.8. The summed E-state index contributed by atoms with van der Waals surface area (Å²) < 4.78 is 6.22. The number of carbonyl (C=O) groups is 1. The number of rotatable bonds is 4. The van der Waals surface area contributed by atoms with Crippen molar-refractivity contribution in [1.82, 2.24) is 9.97 Å². The minimum Gasteiger partial charge on any atom is -0.456 e. The summed E-state index contributed by atoms with van der Waals surface area (Å²) in [4.78, 5) is 18.9. The van der Waals surface area contributed by atoms with Crippen LogP contribution in [0.15, 0.2) is 67.0 Å². The van der Waals surface area contributed by atoms with Crippen molar-refractivity contribution in [2.45, 2.75) is 6.92 Å². The van der Waals surface area contributed by atoms with Crippen LogP contribution in [0.4, 0.5) is 0 Å². The number of hydrogen-bond donors (Lipinski definition) is 2. The van der Waals surface area contributed by atoms with E-state index in [9.17, 15) is 4.79 Å². The zero-order valence-corrected chi connectivity index (χ0v) is 14.2. The number of aryl methyl sites for hydroxylation is 1. The Hall–Kier alpha value is -3.60. The van der Waals surface area contributed by atoms with E-state index in [4.69, 9.17) is 10.5 Å². The van der Waals surface area contributed by atoms with Gasteiger partial charge in [0, 0.05) is 34.4 Å². The van der Waals surface area contributed by atoms with E-state index in [1.54, 1.807) is 12.3 Å². The molecule has 0 saturated heterocycles. The third-order valence-corrected chi connectivity index (χ3v) is 4.32. The Kier molecular flexibility index (Phi) is 3.89. The first-order valence-corrected chi connectivity index (χ1v) is 8.23. The van der Waals surface area contributed by atoms with Crippen LogP contribution in [0, 0.1) is 6.92 Å². The number of nitrogens with two attached hydrogens (primary N) is 1. The van der Waals surface area contributed by atoms with Gasteiger partial charge in [0.1, 0.15) is 11.5 Å². The summed E-state index contributed by atoms with van der Waals surface area (Å²) in [5, 5.41) is 1.99. The largest absolute Gasteiger partial charge is 0.456 e. The summed E-state index contributed by atoms with van der Waals surface area (Å²) in [6, 6.07) is 17.2. The number of aromatic nitrogens is 2. The van der Waals surface area contributed by atoms with E-state index in [0.717, 1.165) is 33.5 Å². The fourth-order valence-electron chi connectivity index (χ4n) is 3.04. The molecule has 5 heteroatoms. The second-order valence-electron chi connectivity index (χ2n) is 6.04. The monoisotopic (exact) mass is 343 g/mol. The van der Waals surface area contributed by atoms with Crippen molar-refractivity contribution in [1.29, 1.82) is 0 Å². The Balaban J connectivity index is 1.79. The molecule has 0 aliphatic rings. The van der Waals surface area contributed by atoms with E-state index in [-0.39, 0.29) is 0 Å². The van der Waals surface area contributed by atoms with Gasteiger partial charge in [-0.3, -0.25) is 9.78 Å². The van der Waals surface area contributed by atoms with E-state index in [2.05, 4.69) is 9.97 Å². The molecule has 5 nitrogen and oxygen atoms in total. The van der Waals surface area contributed by atoms with Crippen LogP contribution in [0.5, 0.6) is 11.5 Å². The molecular formula is C21H17N3O2.